The van der Waals surface area contributed by atoms with Crippen LogP contribution < -0.4 is 5.32 Å². The van der Waals surface area contributed by atoms with Gasteiger partial charge in [0.15, 0.2) is 0 Å². The van der Waals surface area contributed by atoms with Gasteiger partial charge in [-0.05, 0) is 38.4 Å². The first kappa shape index (κ1) is 10.2. The standard InChI is InChI=1S/C12H19NS/c1-3-13-11-6-4-5-10(11)12-8-7-9(2)14-12/h7-8,10-11,13H,3-6H2,1-2H3. The molecule has 0 bridgehead atoms. The van der Waals surface area contributed by atoms with Gasteiger partial charge in [0, 0.05) is 21.7 Å². The first-order chi connectivity index (χ1) is 6.81. The largest absolute Gasteiger partial charge is 0.314 e. The molecule has 0 spiro atoms. The summed E-state index contributed by atoms with van der Waals surface area (Å²) in [6.45, 7) is 5.51. The summed E-state index contributed by atoms with van der Waals surface area (Å²) >= 11 is 1.97. The Hall–Kier alpha value is -0.340. The Labute approximate surface area is 90.5 Å². The van der Waals surface area contributed by atoms with Crippen molar-refractivity contribution < 1.29 is 0 Å². The van der Waals surface area contributed by atoms with E-state index in [1.165, 1.54) is 24.1 Å². The second kappa shape index (κ2) is 4.45. The van der Waals surface area contributed by atoms with E-state index in [1.54, 1.807) is 4.88 Å². The summed E-state index contributed by atoms with van der Waals surface area (Å²) in [5.41, 5.74) is 0. The average Bonchev–Trinajstić information content (AvgIpc) is 2.74. The van der Waals surface area contributed by atoms with E-state index in [4.69, 9.17) is 0 Å². The summed E-state index contributed by atoms with van der Waals surface area (Å²) in [7, 11) is 0. The minimum atomic E-state index is 0.734. The zero-order valence-corrected chi connectivity index (χ0v) is 9.86. The molecular formula is C12H19NS. The number of aryl methyl sites for hydroxylation is 1. The molecule has 1 aromatic rings. The van der Waals surface area contributed by atoms with Gasteiger partial charge in [-0.25, -0.2) is 0 Å². The molecule has 1 fully saturated rings. The number of nitrogens with one attached hydrogen (secondary N) is 1. The van der Waals surface area contributed by atoms with Crippen molar-refractivity contribution in [3.63, 3.8) is 0 Å². The van der Waals surface area contributed by atoms with E-state index < -0.39 is 0 Å². The predicted octanol–water partition coefficient (Wildman–Crippen LogP) is 3.30. The quantitative estimate of drug-likeness (QED) is 0.805. The van der Waals surface area contributed by atoms with E-state index in [0.29, 0.717) is 0 Å². The molecule has 78 valence electrons. The third kappa shape index (κ3) is 2.01. The summed E-state index contributed by atoms with van der Waals surface area (Å²) in [4.78, 5) is 3.04. The second-order valence-corrected chi connectivity index (χ2v) is 5.47. The molecule has 1 heterocycles. The molecule has 14 heavy (non-hydrogen) atoms. The normalized spacial score (nSPS) is 27.0. The number of likely N-dealkylation sites (N-methyl/N-ethyl adjacent to an activating group) is 1. The molecular weight excluding hydrogens is 190 g/mol. The van der Waals surface area contributed by atoms with Crippen LogP contribution in [0.1, 0.15) is 41.9 Å². The third-order valence-corrected chi connectivity index (χ3v) is 4.24. The molecule has 2 rings (SSSR count). The highest BCUT2D eigenvalue weighted by atomic mass is 32.1. The Kier molecular flexibility index (Phi) is 3.24. The molecule has 1 N–H and O–H groups in total. The van der Waals surface area contributed by atoms with Crippen LogP contribution in [0.4, 0.5) is 0 Å². The van der Waals surface area contributed by atoms with Crippen molar-refractivity contribution in [3.8, 4) is 0 Å². The Morgan fingerprint density at radius 1 is 1.43 bits per heavy atom. The van der Waals surface area contributed by atoms with Crippen LogP contribution in [0, 0.1) is 6.92 Å². The maximum atomic E-state index is 3.61. The fourth-order valence-corrected chi connectivity index (χ4v) is 3.54. The Bertz CT molecular complexity index is 292. The molecule has 1 saturated carbocycles. The molecule has 2 atom stereocenters. The highest BCUT2D eigenvalue weighted by Gasteiger charge is 2.28. The molecule has 1 nitrogen and oxygen atoms in total. The van der Waals surface area contributed by atoms with Gasteiger partial charge in [0.1, 0.15) is 0 Å². The first-order valence-corrected chi connectivity index (χ1v) is 6.42. The van der Waals surface area contributed by atoms with E-state index in [-0.39, 0.29) is 0 Å². The Balaban J connectivity index is 2.09. The monoisotopic (exact) mass is 209 g/mol. The van der Waals surface area contributed by atoms with E-state index in [9.17, 15) is 0 Å². The minimum absolute atomic E-state index is 0.734. The zero-order chi connectivity index (χ0) is 9.97. The maximum Gasteiger partial charge on any atom is 0.0144 e. The van der Waals surface area contributed by atoms with E-state index >= 15 is 0 Å². The molecule has 0 amide bonds. The summed E-state index contributed by atoms with van der Waals surface area (Å²) in [6, 6.07) is 5.31. The summed E-state index contributed by atoms with van der Waals surface area (Å²) in [6.07, 6.45) is 4.12. The van der Waals surface area contributed by atoms with Crippen LogP contribution in [-0.2, 0) is 0 Å². The smallest absolute Gasteiger partial charge is 0.0144 e. The van der Waals surface area contributed by atoms with Gasteiger partial charge >= 0.3 is 0 Å². The lowest BCUT2D eigenvalue weighted by atomic mass is 10.0. The van der Waals surface area contributed by atoms with Crippen molar-refractivity contribution in [2.75, 3.05) is 6.54 Å². The highest BCUT2D eigenvalue weighted by molar-refractivity contribution is 7.12. The van der Waals surface area contributed by atoms with Crippen LogP contribution in [0.25, 0.3) is 0 Å². The van der Waals surface area contributed by atoms with Crippen LogP contribution in [0.5, 0.6) is 0 Å². The van der Waals surface area contributed by atoms with Gasteiger partial charge < -0.3 is 5.32 Å². The lowest BCUT2D eigenvalue weighted by Gasteiger charge is -2.18. The molecule has 2 unspecified atom stereocenters. The van der Waals surface area contributed by atoms with Crippen molar-refractivity contribution in [2.45, 2.75) is 45.1 Å². The zero-order valence-electron chi connectivity index (χ0n) is 9.05. The molecule has 0 aromatic carbocycles. The van der Waals surface area contributed by atoms with Crippen molar-refractivity contribution >= 4 is 11.3 Å². The molecule has 1 aromatic heterocycles. The average molecular weight is 209 g/mol. The number of hydrogen-bond donors (Lipinski definition) is 1. The molecule has 2 heteroatoms. The van der Waals surface area contributed by atoms with Crippen LogP contribution in [-0.4, -0.2) is 12.6 Å². The fraction of sp³-hybridized carbons (Fsp3) is 0.667. The molecule has 0 radical (unpaired) electrons. The Morgan fingerprint density at radius 3 is 2.93 bits per heavy atom. The maximum absolute atomic E-state index is 3.61. The van der Waals surface area contributed by atoms with Gasteiger partial charge in [-0.3, -0.25) is 0 Å². The van der Waals surface area contributed by atoms with Gasteiger partial charge in [0.25, 0.3) is 0 Å². The van der Waals surface area contributed by atoms with E-state index in [0.717, 1.165) is 18.5 Å². The van der Waals surface area contributed by atoms with Crippen LogP contribution in [0.2, 0.25) is 0 Å². The van der Waals surface area contributed by atoms with Gasteiger partial charge in [0.2, 0.25) is 0 Å². The fourth-order valence-electron chi connectivity index (χ4n) is 2.46. The van der Waals surface area contributed by atoms with Gasteiger partial charge in [-0.2, -0.15) is 0 Å². The van der Waals surface area contributed by atoms with E-state index in [1.807, 2.05) is 11.3 Å². The summed E-state index contributed by atoms with van der Waals surface area (Å²) in [5.74, 6) is 0.786. The lowest BCUT2D eigenvalue weighted by Crippen LogP contribution is -2.30. The topological polar surface area (TPSA) is 12.0 Å². The summed E-state index contributed by atoms with van der Waals surface area (Å²) < 4.78 is 0. The summed E-state index contributed by atoms with van der Waals surface area (Å²) in [5, 5.41) is 3.61. The van der Waals surface area contributed by atoms with Gasteiger partial charge in [-0.1, -0.05) is 13.3 Å². The van der Waals surface area contributed by atoms with Crippen LogP contribution >= 0.6 is 11.3 Å². The van der Waals surface area contributed by atoms with Crippen molar-refractivity contribution in [3.05, 3.63) is 21.9 Å². The third-order valence-electron chi connectivity index (χ3n) is 3.11. The molecule has 1 aliphatic rings. The number of thiophene rings is 1. The van der Waals surface area contributed by atoms with Crippen molar-refractivity contribution in [1.29, 1.82) is 0 Å². The van der Waals surface area contributed by atoms with Gasteiger partial charge in [0.05, 0.1) is 0 Å². The minimum Gasteiger partial charge on any atom is -0.314 e. The second-order valence-electron chi connectivity index (χ2n) is 4.15. The van der Waals surface area contributed by atoms with Crippen molar-refractivity contribution in [1.82, 2.24) is 5.32 Å². The molecule has 0 aliphatic heterocycles. The first-order valence-electron chi connectivity index (χ1n) is 5.61. The Morgan fingerprint density at radius 2 is 2.29 bits per heavy atom. The lowest BCUT2D eigenvalue weighted by molar-refractivity contribution is 0.497. The van der Waals surface area contributed by atoms with E-state index in [2.05, 4.69) is 31.3 Å². The molecule has 0 saturated heterocycles. The number of hydrogen-bond acceptors (Lipinski definition) is 2. The van der Waals surface area contributed by atoms with Gasteiger partial charge in [-0.15, -0.1) is 11.3 Å². The predicted molar refractivity (Wildman–Crippen MR) is 63.1 cm³/mol. The van der Waals surface area contributed by atoms with Crippen LogP contribution in [0.3, 0.4) is 0 Å². The molecule has 1 aliphatic carbocycles. The SMILES string of the molecule is CCNC1CCCC1c1ccc(C)s1. The highest BCUT2D eigenvalue weighted by Crippen LogP contribution is 2.37. The van der Waals surface area contributed by atoms with Crippen LogP contribution in [0.15, 0.2) is 12.1 Å². The van der Waals surface area contributed by atoms with Crippen molar-refractivity contribution in [2.24, 2.45) is 0 Å². The number of rotatable bonds is 3.